The molecule has 0 spiro atoms. The molecule has 0 fully saturated rings. The fourth-order valence-corrected chi connectivity index (χ4v) is 15.2. The Labute approximate surface area is 294 Å². The Morgan fingerprint density at radius 2 is 1.25 bits per heavy atom. The second-order valence-corrected chi connectivity index (χ2v) is 24.9. The van der Waals surface area contributed by atoms with Gasteiger partial charge in [0.05, 0.1) is 11.6 Å². The average molecular weight is 680 g/mol. The van der Waals surface area contributed by atoms with E-state index in [2.05, 4.69) is 149 Å². The van der Waals surface area contributed by atoms with Crippen molar-refractivity contribution in [2.24, 2.45) is 0 Å². The third-order valence-corrected chi connectivity index (χ3v) is 16.4. The van der Waals surface area contributed by atoms with Gasteiger partial charge in [0.15, 0.2) is 0 Å². The predicted octanol–water partition coefficient (Wildman–Crippen LogP) is 11.9. The van der Waals surface area contributed by atoms with E-state index in [1.54, 1.807) is 27.8 Å². The number of benzene rings is 4. The summed E-state index contributed by atoms with van der Waals surface area (Å²) >= 11 is 0. The van der Waals surface area contributed by atoms with Gasteiger partial charge in [-0.3, -0.25) is 0 Å². The normalized spacial score (nSPS) is 22.0. The minimum absolute atomic E-state index is 0.0589. The van der Waals surface area contributed by atoms with E-state index in [0.717, 1.165) is 18.9 Å². The maximum atomic E-state index is 6.09. The zero-order chi connectivity index (χ0) is 33.8. The molecule has 7 rings (SSSR count). The van der Waals surface area contributed by atoms with Crippen LogP contribution in [0.4, 0.5) is 5.69 Å². The first-order valence-corrected chi connectivity index (χ1v) is 23.4. The first-order chi connectivity index (χ1) is 22.9. The van der Waals surface area contributed by atoms with Gasteiger partial charge in [0.25, 0.3) is 0 Å². The topological polar surface area (TPSA) is 12.5 Å². The largest absolute Gasteiger partial charge is 0.376 e. The van der Waals surface area contributed by atoms with Gasteiger partial charge >= 0.3 is 0 Å². The van der Waals surface area contributed by atoms with Crippen molar-refractivity contribution in [3.05, 3.63) is 124 Å². The summed E-state index contributed by atoms with van der Waals surface area (Å²) < 4.78 is 6.09. The lowest BCUT2D eigenvalue weighted by molar-refractivity contribution is -0.00470. The number of rotatable bonds is 11. The molecule has 3 aliphatic rings. The number of aryl methyl sites for hydroxylation is 1. The molecular weight excluding hydrogens is 623 g/mol. The van der Waals surface area contributed by atoms with Crippen LogP contribution in [0.2, 0.25) is 0 Å². The van der Waals surface area contributed by atoms with Gasteiger partial charge in [-0.25, -0.2) is 20.1 Å². The molecular formula is C44H57NOS2. The molecule has 4 aromatic rings. The minimum Gasteiger partial charge on any atom is -0.376 e. The molecule has 4 aromatic carbocycles. The predicted molar refractivity (Wildman–Crippen MR) is 215 cm³/mol. The Morgan fingerprint density at radius 3 is 1.88 bits per heavy atom. The van der Waals surface area contributed by atoms with Gasteiger partial charge in [0.1, 0.15) is 0 Å². The molecule has 4 unspecified atom stereocenters. The summed E-state index contributed by atoms with van der Waals surface area (Å²) in [5.41, 5.74) is 13.7. The van der Waals surface area contributed by atoms with Crippen LogP contribution < -0.4 is 4.90 Å². The molecule has 48 heavy (non-hydrogen) atoms. The molecule has 0 N–H and O–H groups in total. The maximum Gasteiger partial charge on any atom is 0.0636 e. The Balaban J connectivity index is 1.34. The third kappa shape index (κ3) is 6.16. The molecule has 1 heterocycles. The molecule has 0 aromatic heterocycles. The molecule has 0 saturated carbocycles. The lowest BCUT2D eigenvalue weighted by Crippen LogP contribution is -2.29. The molecule has 0 radical (unpaired) electrons. The van der Waals surface area contributed by atoms with Crippen LogP contribution in [-0.4, -0.2) is 48.9 Å². The van der Waals surface area contributed by atoms with Gasteiger partial charge in [-0.1, -0.05) is 103 Å². The Bertz CT molecular complexity index is 1740. The Kier molecular flexibility index (Phi) is 9.09. The molecule has 1 aliphatic heterocycles. The summed E-state index contributed by atoms with van der Waals surface area (Å²) in [6, 6.07) is 36.2. The second kappa shape index (κ2) is 12.9. The number of ether oxygens (including phenoxy) is 1. The first-order valence-electron chi connectivity index (χ1n) is 18.1. The zero-order valence-corrected chi connectivity index (χ0v) is 32.2. The van der Waals surface area contributed by atoms with E-state index in [1.807, 2.05) is 0 Å². The number of hydrogen-bond donors (Lipinski definition) is 0. The highest BCUT2D eigenvalue weighted by Crippen LogP contribution is 2.80. The molecule has 256 valence electrons. The van der Waals surface area contributed by atoms with Crippen molar-refractivity contribution in [1.29, 1.82) is 0 Å². The van der Waals surface area contributed by atoms with Crippen LogP contribution in [0.1, 0.15) is 102 Å². The molecule has 2 nitrogen and oxygen atoms in total. The smallest absolute Gasteiger partial charge is 0.0636 e. The minimum atomic E-state index is -1.28. The van der Waals surface area contributed by atoms with E-state index in [-0.39, 0.29) is 5.60 Å². The summed E-state index contributed by atoms with van der Waals surface area (Å²) in [6.07, 6.45) is 15.2. The van der Waals surface area contributed by atoms with Crippen LogP contribution in [-0.2, 0) is 4.74 Å². The van der Waals surface area contributed by atoms with Crippen molar-refractivity contribution in [3.63, 3.8) is 0 Å². The van der Waals surface area contributed by atoms with Gasteiger partial charge < -0.3 is 9.64 Å². The maximum absolute atomic E-state index is 6.09. The van der Waals surface area contributed by atoms with Crippen molar-refractivity contribution in [2.75, 3.05) is 48.2 Å². The summed E-state index contributed by atoms with van der Waals surface area (Å²) in [5, 5.41) is 0.925. The monoisotopic (exact) mass is 679 g/mol. The number of anilines is 1. The van der Waals surface area contributed by atoms with Crippen LogP contribution in [0.3, 0.4) is 0 Å². The zero-order valence-electron chi connectivity index (χ0n) is 30.6. The quantitative estimate of drug-likeness (QED) is 0.146. The van der Waals surface area contributed by atoms with E-state index >= 15 is 0 Å². The van der Waals surface area contributed by atoms with Crippen LogP contribution in [0, 0.1) is 6.92 Å². The molecule has 0 amide bonds. The fraction of sp³-hybridized carbons (Fsp3) is 0.455. The Hall–Kier alpha value is -2.66. The van der Waals surface area contributed by atoms with Crippen LogP contribution in [0.25, 0.3) is 11.1 Å². The average Bonchev–Trinajstić information content (AvgIpc) is 3.66. The second-order valence-electron chi connectivity index (χ2n) is 16.6. The van der Waals surface area contributed by atoms with E-state index in [4.69, 9.17) is 4.74 Å². The van der Waals surface area contributed by atoms with Gasteiger partial charge in [-0.05, 0) is 116 Å². The van der Waals surface area contributed by atoms with E-state index < -0.39 is 20.1 Å². The Morgan fingerprint density at radius 1 is 0.667 bits per heavy atom. The molecule has 4 atom stereocenters. The first kappa shape index (κ1) is 33.8. The SMILES string of the molecule is Cc1ccc2c(c1)C1C(c3ccccc3C1S(C)(CCCCCCOC(C)(C)C)C1c3ccccc3-c3ccccc31)N2CS(C)(C)C. The van der Waals surface area contributed by atoms with Crippen molar-refractivity contribution in [2.45, 2.75) is 81.4 Å². The lowest BCUT2D eigenvalue weighted by Gasteiger charge is -2.50. The van der Waals surface area contributed by atoms with Gasteiger partial charge in [-0.15, -0.1) is 0 Å². The molecule has 0 bridgehead atoms. The number of nitrogens with zero attached hydrogens (tertiary/aromatic N) is 1. The van der Waals surface area contributed by atoms with Crippen molar-refractivity contribution < 1.29 is 4.74 Å². The standard InChI is InChI=1S/C44H57NOS2/c1-31-25-26-39-38(29-31)40-41(45(39)30-47(5,6)7)34-21-13-16-24-37(34)43(40)48(8,28-18-10-9-17-27-46-44(2,3)4)42-35-22-14-11-19-32(35)33-20-12-15-23-36(33)42/h11-16,19-26,29,40-43H,9-10,17-18,27-28,30H2,1-8H3. The lowest BCUT2D eigenvalue weighted by atomic mass is 9.94. The molecule has 2 aliphatic carbocycles. The van der Waals surface area contributed by atoms with Crippen molar-refractivity contribution in [1.82, 2.24) is 0 Å². The van der Waals surface area contributed by atoms with E-state index in [1.165, 1.54) is 47.4 Å². The third-order valence-electron chi connectivity index (χ3n) is 10.9. The summed E-state index contributed by atoms with van der Waals surface area (Å²) in [4.78, 5) is 2.85. The highest BCUT2D eigenvalue weighted by atomic mass is 32.3. The van der Waals surface area contributed by atoms with E-state index in [0.29, 0.717) is 22.5 Å². The van der Waals surface area contributed by atoms with Crippen molar-refractivity contribution in [3.8, 4) is 11.1 Å². The highest BCUT2D eigenvalue weighted by molar-refractivity contribution is 8.33. The summed E-state index contributed by atoms with van der Waals surface area (Å²) in [5.74, 6) is 2.90. The van der Waals surface area contributed by atoms with Gasteiger partial charge in [-0.2, -0.15) is 0 Å². The van der Waals surface area contributed by atoms with Gasteiger partial charge in [0.2, 0.25) is 0 Å². The molecule has 0 saturated heterocycles. The van der Waals surface area contributed by atoms with Crippen LogP contribution in [0.15, 0.2) is 91.0 Å². The van der Waals surface area contributed by atoms with Gasteiger partial charge in [0, 0.05) is 34.6 Å². The summed E-state index contributed by atoms with van der Waals surface area (Å²) in [6.45, 7) is 9.65. The highest BCUT2D eigenvalue weighted by Gasteiger charge is 2.57. The van der Waals surface area contributed by atoms with E-state index in [9.17, 15) is 0 Å². The summed E-state index contributed by atoms with van der Waals surface area (Å²) in [7, 11) is -2.04. The number of hydrogen-bond acceptors (Lipinski definition) is 2. The fourth-order valence-electron chi connectivity index (χ4n) is 9.16. The number of fused-ring (bicyclic) bond motifs is 8. The van der Waals surface area contributed by atoms with Crippen LogP contribution in [0.5, 0.6) is 0 Å². The van der Waals surface area contributed by atoms with Crippen LogP contribution >= 0.6 is 20.1 Å². The van der Waals surface area contributed by atoms with Crippen molar-refractivity contribution >= 4 is 25.7 Å². The molecule has 4 heteroatoms. The number of unbranched alkanes of at least 4 members (excludes halogenated alkanes) is 3.